The summed E-state index contributed by atoms with van der Waals surface area (Å²) in [5.41, 5.74) is 5.20. The van der Waals surface area contributed by atoms with Gasteiger partial charge in [-0.25, -0.2) is 0 Å². The molecule has 8 heteroatoms. The third-order valence-corrected chi connectivity index (χ3v) is 4.75. The molecular formula is C16H21Cl2N3O2S. The average Bonchev–Trinajstić information content (AvgIpc) is 2.54. The summed E-state index contributed by atoms with van der Waals surface area (Å²) in [5, 5.41) is 4.51. The maximum atomic E-state index is 11.8. The lowest BCUT2D eigenvalue weighted by Gasteiger charge is -2.30. The molecule has 0 unspecified atom stereocenters. The van der Waals surface area contributed by atoms with Crippen LogP contribution in [0.3, 0.4) is 0 Å². The van der Waals surface area contributed by atoms with Gasteiger partial charge in [-0.15, -0.1) is 0 Å². The monoisotopic (exact) mass is 389 g/mol. The molecule has 0 bridgehead atoms. The largest absolute Gasteiger partial charge is 0.482 e. The first-order chi connectivity index (χ1) is 11.5. The van der Waals surface area contributed by atoms with Gasteiger partial charge in [-0.3, -0.25) is 15.6 Å². The van der Waals surface area contributed by atoms with Crippen molar-refractivity contribution in [1.29, 1.82) is 0 Å². The molecule has 24 heavy (non-hydrogen) atoms. The Morgan fingerprint density at radius 1 is 1.29 bits per heavy atom. The van der Waals surface area contributed by atoms with Crippen molar-refractivity contribution in [2.24, 2.45) is 5.92 Å². The Morgan fingerprint density at radius 2 is 2.04 bits per heavy atom. The molecule has 1 aromatic rings. The summed E-state index contributed by atoms with van der Waals surface area (Å²) in [5.74, 6) is 0.611. The van der Waals surface area contributed by atoms with Gasteiger partial charge >= 0.3 is 0 Å². The van der Waals surface area contributed by atoms with Crippen LogP contribution in [0, 0.1) is 5.92 Å². The topological polar surface area (TPSA) is 62.4 Å². The highest BCUT2D eigenvalue weighted by Crippen LogP contribution is 2.27. The predicted octanol–water partition coefficient (Wildman–Crippen LogP) is 3.45. The van der Waals surface area contributed by atoms with Crippen LogP contribution in [0.2, 0.25) is 10.0 Å². The van der Waals surface area contributed by atoms with E-state index in [-0.39, 0.29) is 12.5 Å². The Labute approximate surface area is 157 Å². The number of hydrazine groups is 1. The third kappa shape index (κ3) is 6.00. The number of carbonyl (C=O) groups is 1. The Bertz CT molecular complexity index is 601. The van der Waals surface area contributed by atoms with Crippen molar-refractivity contribution in [3.05, 3.63) is 28.2 Å². The second-order valence-electron chi connectivity index (χ2n) is 5.88. The quantitative estimate of drug-likeness (QED) is 0.543. The maximum absolute atomic E-state index is 11.8. The smallest absolute Gasteiger partial charge is 0.276 e. The van der Waals surface area contributed by atoms with Crippen molar-refractivity contribution < 1.29 is 9.53 Å². The van der Waals surface area contributed by atoms with Crippen LogP contribution < -0.4 is 20.9 Å². The molecule has 0 aromatic heterocycles. The van der Waals surface area contributed by atoms with Gasteiger partial charge in [0.05, 0.1) is 5.02 Å². The lowest BCUT2D eigenvalue weighted by molar-refractivity contribution is -0.123. The molecule has 0 heterocycles. The third-order valence-electron chi connectivity index (χ3n) is 4.00. The van der Waals surface area contributed by atoms with E-state index >= 15 is 0 Å². The fraction of sp³-hybridized carbons (Fsp3) is 0.500. The van der Waals surface area contributed by atoms with Gasteiger partial charge in [0.15, 0.2) is 11.7 Å². The minimum atomic E-state index is -0.359. The van der Waals surface area contributed by atoms with Gasteiger partial charge in [-0.05, 0) is 49.2 Å². The Balaban J connectivity index is 1.69. The molecule has 0 saturated heterocycles. The van der Waals surface area contributed by atoms with Crippen LogP contribution in [0.1, 0.15) is 32.6 Å². The molecule has 1 saturated carbocycles. The summed E-state index contributed by atoms with van der Waals surface area (Å²) in [6.45, 7) is 2.03. The van der Waals surface area contributed by atoms with Crippen LogP contribution in [0.25, 0.3) is 0 Å². The average molecular weight is 390 g/mol. The standard InChI is InChI=1S/C16H21Cl2N3O2S/c1-10-4-2-3-5-13(10)19-16(24)21-20-15(22)9-23-14-7-6-11(17)8-12(14)18/h6-8,10,13H,2-5,9H2,1H3,(H,20,22)(H2,19,21,24)/t10-,13-/m0/s1. The molecule has 1 amide bonds. The summed E-state index contributed by atoms with van der Waals surface area (Å²) in [4.78, 5) is 11.8. The highest BCUT2D eigenvalue weighted by Gasteiger charge is 2.21. The molecule has 0 spiro atoms. The summed E-state index contributed by atoms with van der Waals surface area (Å²) in [6, 6.07) is 5.16. The van der Waals surface area contributed by atoms with Crippen LogP contribution in [-0.4, -0.2) is 23.7 Å². The molecule has 1 fully saturated rings. The summed E-state index contributed by atoms with van der Waals surface area (Å²) < 4.78 is 5.35. The van der Waals surface area contributed by atoms with Crippen LogP contribution in [0.4, 0.5) is 0 Å². The van der Waals surface area contributed by atoms with Crippen molar-refractivity contribution in [3.8, 4) is 5.75 Å². The van der Waals surface area contributed by atoms with Crippen molar-refractivity contribution >= 4 is 46.4 Å². The number of hydrogen-bond acceptors (Lipinski definition) is 3. The van der Waals surface area contributed by atoms with E-state index in [0.29, 0.717) is 32.9 Å². The van der Waals surface area contributed by atoms with Crippen LogP contribution >= 0.6 is 35.4 Å². The second kappa shape index (κ2) is 9.30. The van der Waals surface area contributed by atoms with Gasteiger partial charge in [-0.2, -0.15) is 0 Å². The fourth-order valence-corrected chi connectivity index (χ4v) is 3.30. The molecule has 1 aliphatic rings. The van der Waals surface area contributed by atoms with Gasteiger partial charge in [0.2, 0.25) is 0 Å². The van der Waals surface area contributed by atoms with Crippen molar-refractivity contribution in [1.82, 2.24) is 16.2 Å². The molecule has 0 aliphatic heterocycles. The maximum Gasteiger partial charge on any atom is 0.276 e. The van der Waals surface area contributed by atoms with E-state index in [1.807, 2.05) is 0 Å². The number of halogens is 2. The van der Waals surface area contributed by atoms with Gasteiger partial charge in [0, 0.05) is 11.1 Å². The number of thiocarbonyl (C=S) groups is 1. The summed E-state index contributed by atoms with van der Waals surface area (Å²) >= 11 is 17.0. The Kier molecular flexibility index (Phi) is 7.40. The zero-order chi connectivity index (χ0) is 17.5. The molecule has 5 nitrogen and oxygen atoms in total. The SMILES string of the molecule is C[C@H]1CCCC[C@@H]1NC(=S)NNC(=O)COc1ccc(Cl)cc1Cl. The predicted molar refractivity (Wildman–Crippen MR) is 100 cm³/mol. The van der Waals surface area contributed by atoms with E-state index in [4.69, 9.17) is 40.2 Å². The number of nitrogens with one attached hydrogen (secondary N) is 3. The van der Waals surface area contributed by atoms with Crippen LogP contribution in [0.5, 0.6) is 5.75 Å². The highest BCUT2D eigenvalue weighted by molar-refractivity contribution is 7.80. The molecule has 1 aromatic carbocycles. The van der Waals surface area contributed by atoms with E-state index in [1.54, 1.807) is 18.2 Å². The molecular weight excluding hydrogens is 369 g/mol. The molecule has 3 N–H and O–H groups in total. The van der Waals surface area contributed by atoms with Crippen molar-refractivity contribution in [2.75, 3.05) is 6.61 Å². The van der Waals surface area contributed by atoms with E-state index in [9.17, 15) is 4.79 Å². The number of benzene rings is 1. The molecule has 2 rings (SSSR count). The second-order valence-corrected chi connectivity index (χ2v) is 7.13. The number of ether oxygens (including phenoxy) is 1. The van der Waals surface area contributed by atoms with Gasteiger partial charge in [-0.1, -0.05) is 43.0 Å². The normalized spacial score (nSPS) is 20.1. The first-order valence-electron chi connectivity index (χ1n) is 7.89. The van der Waals surface area contributed by atoms with Crippen LogP contribution in [0.15, 0.2) is 18.2 Å². The number of hydrogen-bond donors (Lipinski definition) is 3. The lowest BCUT2D eigenvalue weighted by atomic mass is 9.86. The molecule has 1 aliphatic carbocycles. The van der Waals surface area contributed by atoms with Crippen LogP contribution in [-0.2, 0) is 4.79 Å². The van der Waals surface area contributed by atoms with Gasteiger partial charge < -0.3 is 10.1 Å². The van der Waals surface area contributed by atoms with E-state index in [1.165, 1.54) is 19.3 Å². The minimum Gasteiger partial charge on any atom is -0.482 e. The lowest BCUT2D eigenvalue weighted by Crippen LogP contribution is -2.52. The molecule has 132 valence electrons. The van der Waals surface area contributed by atoms with Crippen molar-refractivity contribution in [2.45, 2.75) is 38.6 Å². The molecule has 2 atom stereocenters. The Hall–Kier alpha value is -1.24. The zero-order valence-corrected chi connectivity index (χ0v) is 15.7. The number of rotatable bonds is 4. The van der Waals surface area contributed by atoms with E-state index < -0.39 is 0 Å². The first kappa shape index (κ1) is 19.1. The zero-order valence-electron chi connectivity index (χ0n) is 13.4. The van der Waals surface area contributed by atoms with Crippen molar-refractivity contribution in [3.63, 3.8) is 0 Å². The summed E-state index contributed by atoms with van der Waals surface area (Å²) in [6.07, 6.45) is 4.75. The van der Waals surface area contributed by atoms with Gasteiger partial charge in [0.1, 0.15) is 5.75 Å². The Morgan fingerprint density at radius 3 is 2.75 bits per heavy atom. The number of carbonyl (C=O) groups excluding carboxylic acids is 1. The minimum absolute atomic E-state index is 0.184. The van der Waals surface area contributed by atoms with E-state index in [2.05, 4.69) is 23.1 Å². The number of amides is 1. The highest BCUT2D eigenvalue weighted by atomic mass is 35.5. The van der Waals surface area contributed by atoms with E-state index in [0.717, 1.165) is 6.42 Å². The van der Waals surface area contributed by atoms with Gasteiger partial charge in [0.25, 0.3) is 5.91 Å². The molecule has 0 radical (unpaired) electrons. The fourth-order valence-electron chi connectivity index (χ4n) is 2.63. The first-order valence-corrected chi connectivity index (χ1v) is 9.05. The summed E-state index contributed by atoms with van der Waals surface area (Å²) in [7, 11) is 0.